The average molecular weight is 335 g/mol. The molecule has 0 aromatic heterocycles. The molecule has 120 valence electrons. The Bertz CT molecular complexity index is 561. The normalized spacial score (nSPS) is 10.8. The topological polar surface area (TPSA) is 66.5 Å². The van der Waals surface area contributed by atoms with Gasteiger partial charge in [-0.05, 0) is 25.6 Å². The van der Waals surface area contributed by atoms with Crippen LogP contribution in [0.25, 0.3) is 0 Å². The fourth-order valence-electron chi connectivity index (χ4n) is 1.88. The Kier molecular flexibility index (Phi) is 8.54. The fourth-order valence-corrected chi connectivity index (χ4v) is 3.41. The van der Waals surface area contributed by atoms with E-state index in [1.54, 1.807) is 39.2 Å². The zero-order valence-corrected chi connectivity index (χ0v) is 14.3. The van der Waals surface area contributed by atoms with Crippen LogP contribution in [0.1, 0.15) is 23.7 Å². The van der Waals surface area contributed by atoms with Crippen LogP contribution in [-0.2, 0) is 9.84 Å². The van der Waals surface area contributed by atoms with E-state index in [-0.39, 0.29) is 34.5 Å². The largest absolute Gasteiger partial charge is 0.340 e. The Morgan fingerprint density at radius 3 is 2.48 bits per heavy atom. The molecule has 0 atom stereocenters. The molecular weight excluding hydrogens is 312 g/mol. The minimum absolute atomic E-state index is 0. The van der Waals surface area contributed by atoms with E-state index < -0.39 is 9.84 Å². The highest BCUT2D eigenvalue weighted by Crippen LogP contribution is 2.19. The van der Waals surface area contributed by atoms with E-state index in [9.17, 15) is 13.2 Å². The van der Waals surface area contributed by atoms with Gasteiger partial charge in [-0.3, -0.25) is 4.79 Å². The second kappa shape index (κ2) is 9.02. The van der Waals surface area contributed by atoms with Gasteiger partial charge in [0.2, 0.25) is 0 Å². The molecule has 0 saturated carbocycles. The van der Waals surface area contributed by atoms with E-state index in [0.717, 1.165) is 0 Å². The molecule has 0 unspecified atom stereocenters. The third kappa shape index (κ3) is 5.30. The van der Waals surface area contributed by atoms with Crippen LogP contribution in [-0.4, -0.2) is 52.2 Å². The van der Waals surface area contributed by atoms with E-state index >= 15 is 0 Å². The Morgan fingerprint density at radius 2 is 1.90 bits per heavy atom. The number of benzene rings is 1. The summed E-state index contributed by atoms with van der Waals surface area (Å²) in [5, 5.41) is 2.96. The van der Waals surface area contributed by atoms with Crippen LogP contribution in [0.3, 0.4) is 0 Å². The highest BCUT2D eigenvalue weighted by molar-refractivity contribution is 7.91. The lowest BCUT2D eigenvalue weighted by Gasteiger charge is -2.18. The molecule has 0 aliphatic carbocycles. The van der Waals surface area contributed by atoms with Gasteiger partial charge in [-0.25, -0.2) is 8.42 Å². The van der Waals surface area contributed by atoms with Crippen LogP contribution in [0.5, 0.6) is 0 Å². The van der Waals surface area contributed by atoms with Crippen LogP contribution >= 0.6 is 12.4 Å². The number of amides is 1. The summed E-state index contributed by atoms with van der Waals surface area (Å²) >= 11 is 0. The number of carbonyl (C=O) groups is 1. The summed E-state index contributed by atoms with van der Waals surface area (Å²) in [6.45, 7) is 2.99. The molecule has 0 radical (unpaired) electrons. The van der Waals surface area contributed by atoms with Crippen molar-refractivity contribution in [1.82, 2.24) is 10.2 Å². The van der Waals surface area contributed by atoms with Crippen molar-refractivity contribution in [2.75, 3.05) is 32.9 Å². The van der Waals surface area contributed by atoms with Crippen molar-refractivity contribution in [1.29, 1.82) is 0 Å². The van der Waals surface area contributed by atoms with Crippen molar-refractivity contribution in [2.24, 2.45) is 0 Å². The number of sulfone groups is 1. The molecule has 0 spiro atoms. The van der Waals surface area contributed by atoms with E-state index in [1.807, 2.05) is 0 Å². The maximum absolute atomic E-state index is 12.4. The van der Waals surface area contributed by atoms with Gasteiger partial charge >= 0.3 is 0 Å². The Balaban J connectivity index is 0.00000400. The highest BCUT2D eigenvalue weighted by Gasteiger charge is 2.23. The molecule has 1 aromatic rings. The first-order valence-electron chi connectivity index (χ1n) is 6.66. The smallest absolute Gasteiger partial charge is 0.254 e. The number of nitrogens with zero attached hydrogens (tertiary/aromatic N) is 1. The summed E-state index contributed by atoms with van der Waals surface area (Å²) in [6.07, 6.45) is 0.528. The van der Waals surface area contributed by atoms with E-state index in [1.165, 1.54) is 11.0 Å². The summed E-state index contributed by atoms with van der Waals surface area (Å²) < 4.78 is 24.4. The molecule has 1 aromatic carbocycles. The Hall–Kier alpha value is -1.11. The van der Waals surface area contributed by atoms with Gasteiger partial charge < -0.3 is 10.2 Å². The molecule has 0 fully saturated rings. The third-order valence-corrected chi connectivity index (χ3v) is 4.94. The van der Waals surface area contributed by atoms with Crippen molar-refractivity contribution in [3.05, 3.63) is 29.8 Å². The van der Waals surface area contributed by atoms with Gasteiger partial charge in [-0.2, -0.15) is 0 Å². The maximum atomic E-state index is 12.4. The molecule has 0 aliphatic heterocycles. The van der Waals surface area contributed by atoms with E-state index in [4.69, 9.17) is 0 Å². The van der Waals surface area contributed by atoms with Crippen LogP contribution < -0.4 is 5.32 Å². The third-order valence-electron chi connectivity index (χ3n) is 2.97. The molecule has 0 aliphatic rings. The lowest BCUT2D eigenvalue weighted by Crippen LogP contribution is -2.33. The first-order chi connectivity index (χ1) is 9.44. The quantitative estimate of drug-likeness (QED) is 0.822. The monoisotopic (exact) mass is 334 g/mol. The molecule has 7 heteroatoms. The number of hydrogen-bond acceptors (Lipinski definition) is 4. The zero-order chi connectivity index (χ0) is 15.2. The average Bonchev–Trinajstić information content (AvgIpc) is 2.44. The van der Waals surface area contributed by atoms with Gasteiger partial charge in [0.15, 0.2) is 9.84 Å². The summed E-state index contributed by atoms with van der Waals surface area (Å²) in [6, 6.07) is 6.40. The lowest BCUT2D eigenvalue weighted by molar-refractivity contribution is 0.0793. The van der Waals surface area contributed by atoms with Gasteiger partial charge in [-0.1, -0.05) is 19.1 Å². The molecule has 5 nitrogen and oxygen atoms in total. The SMILES string of the molecule is CCCS(=O)(=O)c1ccccc1C(=O)N(C)CCNC.Cl. The second-order valence-electron chi connectivity index (χ2n) is 4.65. The minimum Gasteiger partial charge on any atom is -0.340 e. The van der Waals surface area contributed by atoms with Crippen LogP contribution in [0.2, 0.25) is 0 Å². The van der Waals surface area contributed by atoms with Crippen molar-refractivity contribution in [3.63, 3.8) is 0 Å². The van der Waals surface area contributed by atoms with Gasteiger partial charge in [0.1, 0.15) is 0 Å². The standard InChI is InChI=1S/C14H22N2O3S.ClH/c1-4-11-20(18,19)13-8-6-5-7-12(13)14(17)16(3)10-9-15-2;/h5-8,15H,4,9-11H2,1-3H3;1H. The molecule has 0 saturated heterocycles. The number of rotatable bonds is 7. The predicted octanol–water partition coefficient (Wildman–Crippen LogP) is 1.58. The minimum atomic E-state index is -3.40. The van der Waals surface area contributed by atoms with Crippen molar-refractivity contribution in [3.8, 4) is 0 Å². The first kappa shape index (κ1) is 19.9. The number of hydrogen-bond donors (Lipinski definition) is 1. The molecule has 21 heavy (non-hydrogen) atoms. The summed E-state index contributed by atoms with van der Waals surface area (Å²) in [7, 11) is 0.0699. The Morgan fingerprint density at radius 1 is 1.29 bits per heavy atom. The van der Waals surface area contributed by atoms with Gasteiger partial charge in [-0.15, -0.1) is 12.4 Å². The molecule has 1 rings (SSSR count). The molecular formula is C14H23ClN2O3S. The molecule has 0 heterocycles. The lowest BCUT2D eigenvalue weighted by atomic mass is 10.2. The predicted molar refractivity (Wildman–Crippen MR) is 86.9 cm³/mol. The molecule has 1 N–H and O–H groups in total. The molecule has 0 bridgehead atoms. The highest BCUT2D eigenvalue weighted by atomic mass is 35.5. The Labute approximate surface area is 133 Å². The summed E-state index contributed by atoms with van der Waals surface area (Å²) in [5.41, 5.74) is 0.250. The summed E-state index contributed by atoms with van der Waals surface area (Å²) in [5.74, 6) is -0.215. The van der Waals surface area contributed by atoms with Crippen LogP contribution in [0.15, 0.2) is 29.2 Å². The molecule has 1 amide bonds. The first-order valence-corrected chi connectivity index (χ1v) is 8.31. The fraction of sp³-hybridized carbons (Fsp3) is 0.500. The number of carbonyl (C=O) groups excluding carboxylic acids is 1. The van der Waals surface area contributed by atoms with Gasteiger partial charge in [0.25, 0.3) is 5.91 Å². The van der Waals surface area contributed by atoms with Crippen molar-refractivity contribution >= 4 is 28.2 Å². The second-order valence-corrected chi connectivity index (χ2v) is 6.72. The van der Waals surface area contributed by atoms with Crippen molar-refractivity contribution in [2.45, 2.75) is 18.2 Å². The maximum Gasteiger partial charge on any atom is 0.254 e. The zero-order valence-electron chi connectivity index (χ0n) is 12.6. The van der Waals surface area contributed by atoms with E-state index in [0.29, 0.717) is 19.5 Å². The number of nitrogens with one attached hydrogen (secondary N) is 1. The van der Waals surface area contributed by atoms with Crippen LogP contribution in [0.4, 0.5) is 0 Å². The van der Waals surface area contributed by atoms with E-state index in [2.05, 4.69) is 5.32 Å². The van der Waals surface area contributed by atoms with Crippen molar-refractivity contribution < 1.29 is 13.2 Å². The van der Waals surface area contributed by atoms with Gasteiger partial charge in [0.05, 0.1) is 16.2 Å². The summed E-state index contributed by atoms with van der Waals surface area (Å²) in [4.78, 5) is 14.0. The van der Waals surface area contributed by atoms with Crippen LogP contribution in [0, 0.1) is 0 Å². The number of likely N-dealkylation sites (N-methyl/N-ethyl adjacent to an activating group) is 2. The van der Waals surface area contributed by atoms with Gasteiger partial charge in [0, 0.05) is 20.1 Å². The number of halogens is 1.